The van der Waals surface area contributed by atoms with Crippen LogP contribution in [-0.4, -0.2) is 27.0 Å². The van der Waals surface area contributed by atoms with Gasteiger partial charge in [0, 0.05) is 24.2 Å². The lowest BCUT2D eigenvalue weighted by atomic mass is 10.3. The summed E-state index contributed by atoms with van der Waals surface area (Å²) in [5.41, 5.74) is 0.558. The highest BCUT2D eigenvalue weighted by molar-refractivity contribution is 7.13. The molecular weight excluding hydrogens is 305 g/mol. The topological polar surface area (TPSA) is 67.8 Å². The van der Waals surface area contributed by atoms with E-state index in [9.17, 15) is 18.0 Å². The van der Waals surface area contributed by atoms with Crippen LogP contribution in [0.3, 0.4) is 0 Å². The predicted molar refractivity (Wildman–Crippen MR) is 70.3 cm³/mol. The van der Waals surface area contributed by atoms with Crippen LogP contribution in [0.5, 0.6) is 0 Å². The maximum Gasteiger partial charge on any atom is 0.389 e. The van der Waals surface area contributed by atoms with Gasteiger partial charge in [-0.2, -0.15) is 13.2 Å². The third-order valence-electron chi connectivity index (χ3n) is 2.41. The van der Waals surface area contributed by atoms with Crippen molar-refractivity contribution in [2.75, 3.05) is 0 Å². The van der Waals surface area contributed by atoms with Crippen molar-refractivity contribution in [2.24, 2.45) is 0 Å². The van der Waals surface area contributed by atoms with Crippen molar-refractivity contribution in [3.05, 3.63) is 29.5 Å². The summed E-state index contributed by atoms with van der Waals surface area (Å²) in [6, 6.07) is 1.68. The summed E-state index contributed by atoms with van der Waals surface area (Å²) in [6.45, 7) is 0.0834. The van der Waals surface area contributed by atoms with E-state index in [0.29, 0.717) is 16.5 Å². The predicted octanol–water partition coefficient (Wildman–Crippen LogP) is 2.56. The van der Waals surface area contributed by atoms with Crippen LogP contribution in [0.4, 0.5) is 13.2 Å². The highest BCUT2D eigenvalue weighted by atomic mass is 32.1. The van der Waals surface area contributed by atoms with Crippen molar-refractivity contribution in [2.45, 2.75) is 25.6 Å². The van der Waals surface area contributed by atoms with Crippen LogP contribution in [0.25, 0.3) is 10.8 Å². The number of hydrogen-bond acceptors (Lipinski definition) is 5. The molecule has 2 aromatic rings. The number of thiazole rings is 1. The van der Waals surface area contributed by atoms with Crippen LogP contribution in [0.15, 0.2) is 23.8 Å². The molecule has 0 fully saturated rings. The van der Waals surface area contributed by atoms with Crippen LogP contribution < -0.4 is 5.32 Å². The third kappa shape index (κ3) is 5.10. The number of hydrogen-bond donors (Lipinski definition) is 1. The highest BCUT2D eigenvalue weighted by Crippen LogP contribution is 2.21. The lowest BCUT2D eigenvalue weighted by molar-refractivity contribution is -0.144. The molecule has 2 rings (SSSR count). The standard InChI is InChI=1S/C12H11F3N4OS/c13-12(14,15)3-2-9(20)18-6-8-7-21-11(19-8)10-16-4-1-5-17-10/h1,4-5,7H,2-3,6H2,(H,18,20). The zero-order chi connectivity index (χ0) is 15.3. The number of amides is 1. The monoisotopic (exact) mass is 316 g/mol. The van der Waals surface area contributed by atoms with Crippen molar-refractivity contribution in [3.63, 3.8) is 0 Å². The SMILES string of the molecule is O=C(CCC(F)(F)F)NCc1csc(-c2ncccn2)n1. The van der Waals surface area contributed by atoms with Gasteiger partial charge in [0.05, 0.1) is 18.7 Å². The Morgan fingerprint density at radius 1 is 1.29 bits per heavy atom. The summed E-state index contributed by atoms with van der Waals surface area (Å²) in [7, 11) is 0. The second-order valence-corrected chi connectivity index (χ2v) is 4.97. The fourth-order valence-electron chi connectivity index (χ4n) is 1.43. The number of nitrogens with zero attached hydrogens (tertiary/aromatic N) is 3. The van der Waals surface area contributed by atoms with Crippen molar-refractivity contribution >= 4 is 17.2 Å². The molecule has 9 heteroatoms. The van der Waals surface area contributed by atoms with E-state index < -0.39 is 24.9 Å². The van der Waals surface area contributed by atoms with E-state index >= 15 is 0 Å². The summed E-state index contributed by atoms with van der Waals surface area (Å²) in [6.07, 6.45) is -2.86. The molecule has 0 saturated heterocycles. The molecule has 0 atom stereocenters. The fourth-order valence-corrected chi connectivity index (χ4v) is 2.20. The Kier molecular flexibility index (Phi) is 4.84. The average molecular weight is 316 g/mol. The Morgan fingerprint density at radius 2 is 2.00 bits per heavy atom. The molecule has 1 amide bonds. The maximum atomic E-state index is 12.0. The Morgan fingerprint density at radius 3 is 2.67 bits per heavy atom. The molecule has 0 radical (unpaired) electrons. The molecule has 0 saturated carbocycles. The smallest absolute Gasteiger partial charge is 0.350 e. The first kappa shape index (κ1) is 15.4. The second-order valence-electron chi connectivity index (χ2n) is 4.11. The highest BCUT2D eigenvalue weighted by Gasteiger charge is 2.27. The first-order valence-electron chi connectivity index (χ1n) is 5.99. The molecule has 0 aliphatic heterocycles. The molecule has 1 N–H and O–H groups in total. The Labute approximate surface area is 122 Å². The van der Waals surface area contributed by atoms with E-state index in [4.69, 9.17) is 0 Å². The van der Waals surface area contributed by atoms with E-state index in [-0.39, 0.29) is 6.54 Å². The molecule has 0 aliphatic carbocycles. The van der Waals surface area contributed by atoms with E-state index in [2.05, 4.69) is 20.3 Å². The Bertz CT molecular complexity index is 600. The van der Waals surface area contributed by atoms with E-state index in [1.165, 1.54) is 11.3 Å². The summed E-state index contributed by atoms with van der Waals surface area (Å²) in [5, 5.41) is 4.70. The third-order valence-corrected chi connectivity index (χ3v) is 3.30. The molecule has 0 spiro atoms. The number of carbonyl (C=O) groups is 1. The first-order chi connectivity index (χ1) is 9.94. The zero-order valence-corrected chi connectivity index (χ0v) is 11.5. The molecule has 0 aliphatic rings. The van der Waals surface area contributed by atoms with Gasteiger partial charge in [0.1, 0.15) is 0 Å². The summed E-state index contributed by atoms with van der Waals surface area (Å²) < 4.78 is 35.9. The van der Waals surface area contributed by atoms with Crippen LogP contribution in [0.2, 0.25) is 0 Å². The van der Waals surface area contributed by atoms with Gasteiger partial charge in [-0.15, -0.1) is 11.3 Å². The van der Waals surface area contributed by atoms with E-state index in [1.54, 1.807) is 23.8 Å². The lowest BCUT2D eigenvalue weighted by Gasteiger charge is -2.06. The summed E-state index contributed by atoms with van der Waals surface area (Å²) in [5.74, 6) is -0.185. The maximum absolute atomic E-state index is 12.0. The molecular formula is C12H11F3N4OS. The van der Waals surface area contributed by atoms with Crippen molar-refractivity contribution in [3.8, 4) is 10.8 Å². The van der Waals surface area contributed by atoms with Crippen molar-refractivity contribution in [1.82, 2.24) is 20.3 Å². The molecule has 2 heterocycles. The fraction of sp³-hybridized carbons (Fsp3) is 0.333. The van der Waals surface area contributed by atoms with Gasteiger partial charge in [-0.05, 0) is 6.07 Å². The van der Waals surface area contributed by atoms with Gasteiger partial charge >= 0.3 is 6.18 Å². The van der Waals surface area contributed by atoms with Gasteiger partial charge in [0.25, 0.3) is 0 Å². The lowest BCUT2D eigenvalue weighted by Crippen LogP contribution is -2.24. The van der Waals surface area contributed by atoms with E-state index in [0.717, 1.165) is 0 Å². The quantitative estimate of drug-likeness (QED) is 0.920. The Hall–Kier alpha value is -2.03. The second kappa shape index (κ2) is 6.61. The van der Waals surface area contributed by atoms with Crippen molar-refractivity contribution < 1.29 is 18.0 Å². The number of halogens is 3. The molecule has 5 nitrogen and oxygen atoms in total. The van der Waals surface area contributed by atoms with Crippen LogP contribution >= 0.6 is 11.3 Å². The molecule has 21 heavy (non-hydrogen) atoms. The van der Waals surface area contributed by atoms with Crippen LogP contribution in [0, 0.1) is 0 Å². The normalized spacial score (nSPS) is 11.4. The van der Waals surface area contributed by atoms with Gasteiger partial charge in [0.15, 0.2) is 10.8 Å². The molecule has 0 aromatic carbocycles. The summed E-state index contributed by atoms with van der Waals surface area (Å²) in [4.78, 5) is 23.6. The van der Waals surface area contributed by atoms with E-state index in [1.807, 2.05) is 0 Å². The molecule has 0 bridgehead atoms. The van der Waals surface area contributed by atoms with Gasteiger partial charge in [-0.25, -0.2) is 15.0 Å². The molecule has 2 aromatic heterocycles. The zero-order valence-electron chi connectivity index (χ0n) is 10.7. The largest absolute Gasteiger partial charge is 0.389 e. The number of alkyl halides is 3. The van der Waals surface area contributed by atoms with Gasteiger partial charge in [0.2, 0.25) is 5.91 Å². The van der Waals surface area contributed by atoms with Gasteiger partial charge in [-0.3, -0.25) is 4.79 Å². The number of carbonyl (C=O) groups excluding carboxylic acids is 1. The first-order valence-corrected chi connectivity index (χ1v) is 6.87. The number of nitrogens with one attached hydrogen (secondary N) is 1. The minimum absolute atomic E-state index is 0.0834. The van der Waals surface area contributed by atoms with Gasteiger partial charge < -0.3 is 5.32 Å². The number of aromatic nitrogens is 3. The average Bonchev–Trinajstić information content (AvgIpc) is 2.92. The minimum Gasteiger partial charge on any atom is -0.350 e. The Balaban J connectivity index is 1.85. The number of rotatable bonds is 5. The van der Waals surface area contributed by atoms with Gasteiger partial charge in [-0.1, -0.05) is 0 Å². The van der Waals surface area contributed by atoms with Crippen molar-refractivity contribution in [1.29, 1.82) is 0 Å². The minimum atomic E-state index is -4.32. The molecule has 112 valence electrons. The van der Waals surface area contributed by atoms with Crippen LogP contribution in [-0.2, 0) is 11.3 Å². The van der Waals surface area contributed by atoms with Crippen LogP contribution in [0.1, 0.15) is 18.5 Å². The summed E-state index contributed by atoms with van der Waals surface area (Å²) >= 11 is 1.30. The molecule has 0 unspecified atom stereocenters.